The first-order valence-electron chi connectivity index (χ1n) is 27.1. The van der Waals surface area contributed by atoms with Crippen LogP contribution in [0.2, 0.25) is 0 Å². The molecule has 0 aromatic carbocycles. The largest absolute Gasteiger partial charge is 0.480 e. The van der Waals surface area contributed by atoms with E-state index in [9.17, 15) is 130 Å². The van der Waals surface area contributed by atoms with Gasteiger partial charge < -0.3 is 102 Å². The molecule has 0 aliphatic carbocycles. The predicted octanol–water partition coefficient (Wildman–Crippen LogP) is -7.17. The van der Waals surface area contributed by atoms with E-state index < -0.39 is 186 Å². The lowest BCUT2D eigenvalue weighted by Crippen LogP contribution is -2.54. The van der Waals surface area contributed by atoms with E-state index in [1.807, 2.05) is 0 Å². The minimum atomic E-state index is -2.00. The number of nitrogens with one attached hydrogen (secondary N) is 2. The Hall–Kier alpha value is -5.94. The van der Waals surface area contributed by atoms with Gasteiger partial charge in [-0.25, -0.2) is 0 Å². The average molecular weight is 1240 g/mol. The number of carboxylic acid groups (broad SMARTS) is 10. The highest BCUT2D eigenvalue weighted by Crippen LogP contribution is 2.19. The Kier molecular flexibility index (Phi) is 40.6. The van der Waals surface area contributed by atoms with Gasteiger partial charge in [0, 0.05) is 65.4 Å². The van der Waals surface area contributed by atoms with Gasteiger partial charge in [0.15, 0.2) is 6.29 Å². The van der Waals surface area contributed by atoms with Crippen LogP contribution in [0.5, 0.6) is 0 Å². The van der Waals surface area contributed by atoms with E-state index in [0.29, 0.717) is 6.42 Å². The van der Waals surface area contributed by atoms with Gasteiger partial charge in [0.05, 0.1) is 77.3 Å². The first kappa shape index (κ1) is 79.1. The van der Waals surface area contributed by atoms with Crippen molar-refractivity contribution in [3.63, 3.8) is 0 Å². The molecule has 0 aliphatic rings. The molecule has 0 radical (unpaired) electrons. The van der Waals surface area contributed by atoms with Crippen molar-refractivity contribution in [2.45, 2.75) is 113 Å². The molecule has 0 bridgehead atoms. The second-order valence-electron chi connectivity index (χ2n) is 20.1. The smallest absolute Gasteiger partial charge is 0.320 e. The zero-order valence-corrected chi connectivity index (χ0v) is 47.6. The molecule has 10 atom stereocenters. The fourth-order valence-corrected chi connectivity index (χ4v) is 8.66. The summed E-state index contributed by atoms with van der Waals surface area (Å²) in [4.78, 5) is 123. The second kappa shape index (κ2) is 43.6. The van der Waals surface area contributed by atoms with Crippen LogP contribution >= 0.6 is 0 Å². The van der Waals surface area contributed by atoms with Crippen molar-refractivity contribution in [1.82, 2.24) is 40.0 Å². The average Bonchev–Trinajstić information content (AvgIpc) is 3.60. The van der Waals surface area contributed by atoms with Crippen LogP contribution in [-0.2, 0) is 57.4 Å². The van der Waals surface area contributed by atoms with E-state index in [1.165, 1.54) is 23.6 Å². The molecule has 0 fully saturated rings. The number of unbranched alkanes of at least 4 members (excludes halogenated alkanes) is 2. The standard InChI is InChI=1S/C49H88N8O28/c1-30(19-50-9-5-3-7-32(47(80)81)56(15-11-52(21-36(62)63)22-37(64)65)16-12-53(23-38(66)67)24-39(68)69)84-49(44(78)31(2)59)85-46(35(61)29-58)45(79)34(60)20-51-10-6-4-8-33(48(82)83)57(17-13-54(25-40(70)71)26-41(72)73)18-14-55(27-42(74)75)28-43(76)77/h30-35,44-46,49-51,58-61,78-79H,3-29H2,1-2H3,(H,62,63)(H,64,65)(H,66,67)(H,68,69)(H,70,71)(H,72,73)(H,74,75)(H,76,77)(H,80,81)(H,82,83). The van der Waals surface area contributed by atoms with Crippen LogP contribution in [0.1, 0.15) is 52.4 Å². The van der Waals surface area contributed by atoms with Crippen LogP contribution in [0.4, 0.5) is 0 Å². The molecule has 492 valence electrons. The number of aliphatic hydroxyl groups excluding tert-OH is 6. The predicted molar refractivity (Wildman–Crippen MR) is 288 cm³/mol. The van der Waals surface area contributed by atoms with Gasteiger partial charge in [0.25, 0.3) is 0 Å². The fourth-order valence-electron chi connectivity index (χ4n) is 8.66. The zero-order valence-electron chi connectivity index (χ0n) is 47.6. The summed E-state index contributed by atoms with van der Waals surface area (Å²) in [6.45, 7) is -5.89. The molecule has 18 N–H and O–H groups in total. The maximum Gasteiger partial charge on any atom is 0.320 e. The molecule has 0 aliphatic heterocycles. The molecule has 10 unspecified atom stereocenters. The van der Waals surface area contributed by atoms with E-state index in [2.05, 4.69) is 10.6 Å². The second-order valence-corrected chi connectivity index (χ2v) is 20.1. The number of hydrogen-bond acceptors (Lipinski definition) is 26. The molecule has 36 heteroatoms. The Balaban J connectivity index is 5.89. The molecule has 0 heterocycles. The Morgan fingerprint density at radius 3 is 0.976 bits per heavy atom. The van der Waals surface area contributed by atoms with Crippen molar-refractivity contribution in [2.75, 3.05) is 138 Å². The summed E-state index contributed by atoms with van der Waals surface area (Å²) in [5.41, 5.74) is 0. The van der Waals surface area contributed by atoms with E-state index in [1.54, 1.807) is 0 Å². The number of aliphatic hydroxyl groups is 6. The minimum Gasteiger partial charge on any atom is -0.480 e. The van der Waals surface area contributed by atoms with Crippen molar-refractivity contribution in [2.24, 2.45) is 0 Å². The highest BCUT2D eigenvalue weighted by atomic mass is 16.7. The van der Waals surface area contributed by atoms with E-state index >= 15 is 0 Å². The van der Waals surface area contributed by atoms with Crippen LogP contribution in [0, 0.1) is 0 Å². The first-order chi connectivity index (χ1) is 39.8. The van der Waals surface area contributed by atoms with Gasteiger partial charge in [-0.1, -0.05) is 12.8 Å². The first-order valence-corrected chi connectivity index (χ1v) is 27.1. The van der Waals surface area contributed by atoms with Crippen LogP contribution in [0.25, 0.3) is 0 Å². The summed E-state index contributed by atoms with van der Waals surface area (Å²) in [5.74, 6) is -13.5. The van der Waals surface area contributed by atoms with Crippen molar-refractivity contribution in [1.29, 1.82) is 0 Å². The number of hydrogen-bond donors (Lipinski definition) is 18. The van der Waals surface area contributed by atoms with Gasteiger partial charge in [-0.3, -0.25) is 77.3 Å². The van der Waals surface area contributed by atoms with Crippen molar-refractivity contribution < 1.29 is 139 Å². The number of nitrogens with zero attached hydrogens (tertiary/aromatic N) is 6. The van der Waals surface area contributed by atoms with Crippen molar-refractivity contribution in [3.8, 4) is 0 Å². The highest BCUT2D eigenvalue weighted by Gasteiger charge is 2.39. The molecule has 0 saturated carbocycles. The third-order valence-electron chi connectivity index (χ3n) is 12.8. The van der Waals surface area contributed by atoms with Crippen molar-refractivity contribution >= 4 is 59.7 Å². The molecular weight excluding hydrogens is 1150 g/mol. The van der Waals surface area contributed by atoms with E-state index in [0.717, 1.165) is 19.6 Å². The number of ether oxygens (including phenoxy) is 2. The fraction of sp³-hybridized carbons (Fsp3) is 0.796. The Morgan fingerprint density at radius 1 is 0.400 bits per heavy atom. The molecular formula is C49H88N8O28. The maximum absolute atomic E-state index is 12.6. The lowest BCUT2D eigenvalue weighted by molar-refractivity contribution is -0.277. The zero-order chi connectivity index (χ0) is 64.9. The summed E-state index contributed by atoms with van der Waals surface area (Å²) in [6.07, 6.45) is -12.8. The lowest BCUT2D eigenvalue weighted by Gasteiger charge is -2.36. The van der Waals surface area contributed by atoms with Gasteiger partial charge in [-0.2, -0.15) is 0 Å². The SMILES string of the molecule is CC(CNCCCCC(C(=O)O)N(CCN(CC(=O)O)CC(=O)O)CCN(CC(=O)O)CC(=O)O)OC(OC(C(O)CO)C(O)C(O)CNCCCCC(C(=O)O)N(CCN(CC(=O)O)CC(=O)O)CCN(CC(=O)O)CC(=O)O)C(O)C(C)O. The maximum atomic E-state index is 12.6. The van der Waals surface area contributed by atoms with E-state index in [-0.39, 0.29) is 104 Å². The number of carbonyl (C=O) groups is 10. The number of aliphatic carboxylic acids is 10. The summed E-state index contributed by atoms with van der Waals surface area (Å²) in [7, 11) is 0. The monoisotopic (exact) mass is 1240 g/mol. The molecule has 0 saturated heterocycles. The number of rotatable bonds is 56. The molecule has 0 aromatic rings. The summed E-state index contributed by atoms with van der Waals surface area (Å²) in [6, 6.07) is -2.59. The van der Waals surface area contributed by atoms with Gasteiger partial charge in [0.2, 0.25) is 0 Å². The highest BCUT2D eigenvalue weighted by molar-refractivity contribution is 5.75. The number of carboxylic acids is 10. The topological polar surface area (TPSA) is 556 Å². The van der Waals surface area contributed by atoms with Gasteiger partial charge in [0.1, 0.15) is 36.5 Å². The Morgan fingerprint density at radius 2 is 0.706 bits per heavy atom. The summed E-state index contributed by atoms with van der Waals surface area (Å²) < 4.78 is 11.6. The third kappa shape index (κ3) is 37.3. The van der Waals surface area contributed by atoms with Crippen LogP contribution in [-0.4, -0.2) is 369 Å². The van der Waals surface area contributed by atoms with Gasteiger partial charge in [-0.05, 0) is 52.6 Å². The van der Waals surface area contributed by atoms with E-state index in [4.69, 9.17) is 9.47 Å². The summed E-state index contributed by atoms with van der Waals surface area (Å²) >= 11 is 0. The molecule has 85 heavy (non-hydrogen) atoms. The quantitative estimate of drug-likeness (QED) is 0.0199. The van der Waals surface area contributed by atoms with Crippen molar-refractivity contribution in [3.05, 3.63) is 0 Å². The summed E-state index contributed by atoms with van der Waals surface area (Å²) in [5, 5.41) is 165. The Labute approximate surface area is 488 Å². The molecule has 0 aromatic heterocycles. The van der Waals surface area contributed by atoms with Gasteiger partial charge in [-0.15, -0.1) is 0 Å². The van der Waals surface area contributed by atoms with Crippen LogP contribution < -0.4 is 10.6 Å². The third-order valence-corrected chi connectivity index (χ3v) is 12.8. The Bertz CT molecular complexity index is 1900. The molecule has 36 nitrogen and oxygen atoms in total. The van der Waals surface area contributed by atoms with Gasteiger partial charge >= 0.3 is 59.7 Å². The van der Waals surface area contributed by atoms with Crippen LogP contribution in [0.15, 0.2) is 0 Å². The molecule has 0 spiro atoms. The van der Waals surface area contributed by atoms with Crippen LogP contribution in [0.3, 0.4) is 0 Å². The minimum absolute atomic E-state index is 0.0107. The molecule has 0 amide bonds. The normalized spacial score (nSPS) is 15.5. The molecule has 0 rings (SSSR count). The lowest BCUT2D eigenvalue weighted by atomic mass is 10.0.